The van der Waals surface area contributed by atoms with Gasteiger partial charge in [-0.25, -0.2) is 0 Å². The third-order valence-corrected chi connectivity index (χ3v) is 11.4. The van der Waals surface area contributed by atoms with E-state index in [9.17, 15) is 9.90 Å². The van der Waals surface area contributed by atoms with Crippen molar-refractivity contribution in [2.45, 2.75) is 112 Å². The lowest BCUT2D eigenvalue weighted by Gasteiger charge is -2.62. The second-order valence-electron chi connectivity index (χ2n) is 13.4. The quantitative estimate of drug-likeness (QED) is 0.355. The molecule has 0 saturated heterocycles. The maximum Gasteiger partial charge on any atom is 0.302 e. The van der Waals surface area contributed by atoms with Crippen molar-refractivity contribution in [1.29, 1.82) is 0 Å². The summed E-state index contributed by atoms with van der Waals surface area (Å²) in [6.07, 6.45) is 14.0. The van der Waals surface area contributed by atoms with Gasteiger partial charge in [0.1, 0.15) is 6.10 Å². The Hall–Kier alpha value is -0.830. The molecule has 188 valence electrons. The first-order chi connectivity index (χ1) is 15.5. The lowest BCUT2D eigenvalue weighted by molar-refractivity contribution is -0.185. The molecular formula is C30H50O3. The summed E-state index contributed by atoms with van der Waals surface area (Å²) in [7, 11) is 0. The second kappa shape index (κ2) is 9.32. The molecular weight excluding hydrogens is 408 g/mol. The first-order valence-electron chi connectivity index (χ1n) is 14.0. The monoisotopic (exact) mass is 458 g/mol. The number of rotatable bonds is 5. The predicted molar refractivity (Wildman–Crippen MR) is 134 cm³/mol. The minimum Gasteiger partial charge on any atom is -0.463 e. The van der Waals surface area contributed by atoms with Gasteiger partial charge in [-0.05, 0) is 110 Å². The van der Waals surface area contributed by atoms with Gasteiger partial charge in [-0.15, -0.1) is 0 Å². The predicted octanol–water partition coefficient (Wildman–Crippen LogP) is 7.03. The van der Waals surface area contributed by atoms with Gasteiger partial charge in [0.15, 0.2) is 0 Å². The average molecular weight is 459 g/mol. The van der Waals surface area contributed by atoms with Crippen LogP contribution in [0.2, 0.25) is 0 Å². The summed E-state index contributed by atoms with van der Waals surface area (Å²) in [5, 5.41) is 11.7. The smallest absolute Gasteiger partial charge is 0.302 e. The van der Waals surface area contributed by atoms with Crippen molar-refractivity contribution in [3.63, 3.8) is 0 Å². The van der Waals surface area contributed by atoms with E-state index in [4.69, 9.17) is 4.74 Å². The molecule has 0 aliphatic heterocycles. The maximum atomic E-state index is 11.7. The molecule has 0 unspecified atom stereocenters. The van der Waals surface area contributed by atoms with Crippen molar-refractivity contribution < 1.29 is 14.6 Å². The number of aliphatic hydroxyl groups excluding tert-OH is 1. The number of carbonyl (C=O) groups excluding carboxylic acids is 1. The van der Waals surface area contributed by atoms with Crippen molar-refractivity contribution in [2.75, 3.05) is 0 Å². The Bertz CT molecular complexity index is 743. The van der Waals surface area contributed by atoms with Crippen LogP contribution < -0.4 is 0 Å². The third kappa shape index (κ3) is 4.45. The number of fused-ring (bicyclic) bond motifs is 5. The minimum absolute atomic E-state index is 0.0832. The molecule has 11 atom stereocenters. The zero-order valence-electron chi connectivity index (χ0n) is 22.3. The van der Waals surface area contributed by atoms with Crippen molar-refractivity contribution in [3.8, 4) is 0 Å². The zero-order chi connectivity index (χ0) is 24.1. The van der Waals surface area contributed by atoms with Gasteiger partial charge in [0.05, 0.1) is 6.10 Å². The van der Waals surface area contributed by atoms with Crippen LogP contribution in [0.5, 0.6) is 0 Å². The van der Waals surface area contributed by atoms with Crippen LogP contribution in [0, 0.1) is 58.2 Å². The van der Waals surface area contributed by atoms with E-state index in [0.717, 1.165) is 31.6 Å². The van der Waals surface area contributed by atoms with Gasteiger partial charge < -0.3 is 9.84 Å². The van der Waals surface area contributed by atoms with E-state index in [2.05, 4.69) is 53.7 Å². The van der Waals surface area contributed by atoms with Gasteiger partial charge >= 0.3 is 5.97 Å². The van der Waals surface area contributed by atoms with Gasteiger partial charge in [-0.2, -0.15) is 0 Å². The van der Waals surface area contributed by atoms with Crippen LogP contribution in [0.3, 0.4) is 0 Å². The molecule has 33 heavy (non-hydrogen) atoms. The number of ether oxygens (including phenoxy) is 1. The largest absolute Gasteiger partial charge is 0.463 e. The summed E-state index contributed by atoms with van der Waals surface area (Å²) < 4.78 is 5.62. The number of allylic oxidation sites excluding steroid dienone is 2. The molecule has 3 nitrogen and oxygen atoms in total. The summed E-state index contributed by atoms with van der Waals surface area (Å²) in [5.74, 6) is 4.81. The van der Waals surface area contributed by atoms with E-state index in [1.165, 1.54) is 32.6 Å². The van der Waals surface area contributed by atoms with Crippen molar-refractivity contribution in [3.05, 3.63) is 12.2 Å². The van der Waals surface area contributed by atoms with Crippen LogP contribution >= 0.6 is 0 Å². The molecule has 0 radical (unpaired) electrons. The Morgan fingerprint density at radius 3 is 2.39 bits per heavy atom. The van der Waals surface area contributed by atoms with Crippen molar-refractivity contribution in [1.82, 2.24) is 0 Å². The van der Waals surface area contributed by atoms with Gasteiger partial charge in [0, 0.05) is 6.92 Å². The Labute approximate surface area is 203 Å². The standard InChI is InChI=1S/C30H50O3/c1-18(2)19(3)8-9-20(4)25-12-13-26-24-11-10-22-16-23(33-21(5)31)14-15-29(22,6)28(24)27(32)17-30(25,26)7/h8-9,18-20,22-28,32H,10-17H2,1-7H3/b9-8+/t19-,20+,22-,23+,24-,25+,26+,27+,28-,29-,30-/m0/s1. The molecule has 0 spiro atoms. The molecule has 4 saturated carbocycles. The number of esters is 1. The van der Waals surface area contributed by atoms with E-state index in [1.54, 1.807) is 0 Å². The number of hydrogen-bond acceptors (Lipinski definition) is 3. The van der Waals surface area contributed by atoms with Crippen LogP contribution in [0.1, 0.15) is 99.8 Å². The van der Waals surface area contributed by atoms with Crippen molar-refractivity contribution in [2.24, 2.45) is 58.2 Å². The molecule has 1 N–H and O–H groups in total. The molecule has 3 heteroatoms. The van der Waals surface area contributed by atoms with E-state index in [-0.39, 0.29) is 29.0 Å². The summed E-state index contributed by atoms with van der Waals surface area (Å²) in [5.41, 5.74) is 0.445. The third-order valence-electron chi connectivity index (χ3n) is 11.4. The van der Waals surface area contributed by atoms with Crippen LogP contribution in [0.15, 0.2) is 12.2 Å². The molecule has 0 bridgehead atoms. The Morgan fingerprint density at radius 1 is 1.00 bits per heavy atom. The van der Waals surface area contributed by atoms with Gasteiger partial charge in [-0.1, -0.05) is 53.7 Å². The molecule has 0 heterocycles. The Kier molecular flexibility index (Phi) is 7.14. The topological polar surface area (TPSA) is 46.5 Å². The van der Waals surface area contributed by atoms with Gasteiger partial charge in [-0.3, -0.25) is 4.79 Å². The lowest BCUT2D eigenvalue weighted by atomic mass is 9.43. The summed E-state index contributed by atoms with van der Waals surface area (Å²) in [6, 6.07) is 0. The fraction of sp³-hybridized carbons (Fsp3) is 0.900. The molecule has 0 aromatic heterocycles. The average Bonchev–Trinajstić information content (AvgIpc) is 3.07. The van der Waals surface area contributed by atoms with Crippen LogP contribution in [0.25, 0.3) is 0 Å². The Balaban J connectivity index is 1.51. The summed E-state index contributed by atoms with van der Waals surface area (Å²) in [6.45, 7) is 15.9. The highest BCUT2D eigenvalue weighted by Gasteiger charge is 2.63. The molecule has 4 aliphatic carbocycles. The van der Waals surface area contributed by atoms with E-state index < -0.39 is 0 Å². The fourth-order valence-electron chi connectivity index (χ4n) is 9.29. The lowest BCUT2D eigenvalue weighted by Crippen LogP contribution is -2.59. The summed E-state index contributed by atoms with van der Waals surface area (Å²) in [4.78, 5) is 11.5. The fourth-order valence-corrected chi connectivity index (χ4v) is 9.29. The Morgan fingerprint density at radius 2 is 1.73 bits per heavy atom. The van der Waals surface area contributed by atoms with Crippen LogP contribution in [-0.2, 0) is 9.53 Å². The van der Waals surface area contributed by atoms with E-state index in [0.29, 0.717) is 41.4 Å². The zero-order valence-corrected chi connectivity index (χ0v) is 22.3. The molecule has 4 fully saturated rings. The highest BCUT2D eigenvalue weighted by molar-refractivity contribution is 5.66. The number of aliphatic hydroxyl groups is 1. The van der Waals surface area contributed by atoms with Gasteiger partial charge in [0.2, 0.25) is 0 Å². The van der Waals surface area contributed by atoms with Gasteiger partial charge in [0.25, 0.3) is 0 Å². The minimum atomic E-state index is -0.194. The second-order valence-corrected chi connectivity index (χ2v) is 13.4. The molecule has 0 aromatic carbocycles. The van der Waals surface area contributed by atoms with Crippen LogP contribution in [-0.4, -0.2) is 23.3 Å². The molecule has 0 amide bonds. The highest BCUT2D eigenvalue weighted by Crippen LogP contribution is 2.68. The van der Waals surface area contributed by atoms with Crippen molar-refractivity contribution >= 4 is 5.97 Å². The maximum absolute atomic E-state index is 11.7. The number of carbonyl (C=O) groups is 1. The van der Waals surface area contributed by atoms with E-state index >= 15 is 0 Å². The van der Waals surface area contributed by atoms with E-state index in [1.807, 2.05) is 0 Å². The molecule has 4 rings (SSSR count). The molecule has 4 aliphatic rings. The first kappa shape index (κ1) is 25.3. The highest BCUT2D eigenvalue weighted by atomic mass is 16.5. The van der Waals surface area contributed by atoms with Crippen LogP contribution in [0.4, 0.5) is 0 Å². The molecule has 0 aromatic rings. The summed E-state index contributed by atoms with van der Waals surface area (Å²) >= 11 is 0. The first-order valence-corrected chi connectivity index (χ1v) is 14.0. The SMILES string of the molecule is CC(=O)O[C@@H]1CC[C@@]2(C)[C@@H](CC[C@@H]3[C@H]2[C@H](O)C[C@]2(C)[C@@H]3CC[C@@H]2[C@H](C)/C=C/[C@H](C)C(C)C)C1. The normalized spacial score (nSPS) is 47.0. The number of hydrogen-bond donors (Lipinski definition) is 1.